The number of nitrogens with two attached hydrogens (primary N) is 1. The van der Waals surface area contributed by atoms with Gasteiger partial charge in [0.15, 0.2) is 18.5 Å². The Hall–Kier alpha value is -3.68. The topological polar surface area (TPSA) is 112 Å². The number of hydrogen-bond donors (Lipinski definition) is 2. The lowest BCUT2D eigenvalue weighted by Gasteiger charge is -2.16. The van der Waals surface area contributed by atoms with Crippen LogP contribution in [0.25, 0.3) is 0 Å². The summed E-state index contributed by atoms with van der Waals surface area (Å²) in [5.41, 5.74) is 7.72. The molecule has 0 bridgehead atoms. The molecule has 1 heterocycles. The number of ether oxygens (including phenoxy) is 2. The van der Waals surface area contributed by atoms with Gasteiger partial charge in [0.2, 0.25) is 11.9 Å². The average Bonchev–Trinajstić information content (AvgIpc) is 2.72. The predicted molar refractivity (Wildman–Crippen MR) is 110 cm³/mol. The molecule has 150 valence electrons. The first-order valence-corrected chi connectivity index (χ1v) is 9.26. The number of hydrogen-bond acceptors (Lipinski definition) is 8. The Labute approximate surface area is 169 Å². The van der Waals surface area contributed by atoms with Gasteiger partial charge in [-0.3, -0.25) is 0 Å². The fourth-order valence-electron chi connectivity index (χ4n) is 2.51. The van der Waals surface area contributed by atoms with Gasteiger partial charge in [-0.25, -0.2) is 4.79 Å². The molecule has 8 heteroatoms. The minimum Gasteiger partial charge on any atom is -0.479 e. The number of carbonyl (C=O) groups excluding carboxylic acids is 1. The van der Waals surface area contributed by atoms with Crippen LogP contribution in [0.4, 0.5) is 17.6 Å². The molecule has 0 spiro atoms. The second-order valence-corrected chi connectivity index (χ2v) is 6.36. The van der Waals surface area contributed by atoms with Crippen LogP contribution in [0, 0.1) is 6.92 Å². The Morgan fingerprint density at radius 2 is 1.79 bits per heavy atom. The first kappa shape index (κ1) is 20.1. The van der Waals surface area contributed by atoms with E-state index in [1.807, 2.05) is 56.3 Å². The van der Waals surface area contributed by atoms with Crippen molar-refractivity contribution in [2.24, 2.45) is 0 Å². The molecule has 0 amide bonds. The Balaban J connectivity index is 1.62. The van der Waals surface area contributed by atoms with E-state index in [4.69, 9.17) is 15.2 Å². The van der Waals surface area contributed by atoms with Crippen LogP contribution >= 0.6 is 0 Å². The van der Waals surface area contributed by atoms with E-state index in [-0.39, 0.29) is 24.3 Å². The van der Waals surface area contributed by atoms with E-state index in [9.17, 15) is 4.79 Å². The summed E-state index contributed by atoms with van der Waals surface area (Å²) >= 11 is 0. The van der Waals surface area contributed by atoms with Gasteiger partial charge in [0, 0.05) is 5.69 Å². The highest BCUT2D eigenvalue weighted by molar-refractivity contribution is 5.75. The van der Waals surface area contributed by atoms with Crippen molar-refractivity contribution in [2.45, 2.75) is 33.0 Å². The average molecular weight is 393 g/mol. The van der Waals surface area contributed by atoms with Gasteiger partial charge in [0.25, 0.3) is 0 Å². The Morgan fingerprint density at radius 1 is 1.07 bits per heavy atom. The number of benzene rings is 2. The van der Waals surface area contributed by atoms with E-state index in [0.717, 1.165) is 11.3 Å². The number of rotatable bonds is 8. The number of aromatic nitrogens is 3. The van der Waals surface area contributed by atoms with Gasteiger partial charge < -0.3 is 20.5 Å². The monoisotopic (exact) mass is 393 g/mol. The summed E-state index contributed by atoms with van der Waals surface area (Å²) in [7, 11) is 0. The summed E-state index contributed by atoms with van der Waals surface area (Å²) in [6.45, 7) is 3.71. The van der Waals surface area contributed by atoms with Gasteiger partial charge in [-0.1, -0.05) is 42.8 Å². The lowest BCUT2D eigenvalue weighted by molar-refractivity contribution is -0.153. The molecule has 3 rings (SSSR count). The molecule has 29 heavy (non-hydrogen) atoms. The maximum Gasteiger partial charge on any atom is 0.347 e. The molecule has 0 saturated carbocycles. The number of nitrogens with one attached hydrogen (secondary N) is 1. The Bertz CT molecular complexity index is 948. The maximum absolute atomic E-state index is 12.4. The van der Waals surface area contributed by atoms with Crippen LogP contribution in [-0.4, -0.2) is 27.0 Å². The minimum absolute atomic E-state index is 0.0354. The number of nitrogens with zero attached hydrogens (tertiary/aromatic N) is 3. The highest BCUT2D eigenvalue weighted by Crippen LogP contribution is 2.16. The fraction of sp³-hybridized carbons (Fsp3) is 0.238. The molecule has 3 N–H and O–H groups in total. The van der Waals surface area contributed by atoms with Crippen LogP contribution in [0.15, 0.2) is 54.6 Å². The number of para-hydroxylation sites is 1. The molecule has 1 atom stereocenters. The van der Waals surface area contributed by atoms with Crippen molar-refractivity contribution in [3.8, 4) is 5.75 Å². The molecule has 0 aliphatic rings. The Morgan fingerprint density at radius 3 is 2.48 bits per heavy atom. The van der Waals surface area contributed by atoms with Gasteiger partial charge >= 0.3 is 5.97 Å². The van der Waals surface area contributed by atoms with Crippen molar-refractivity contribution in [1.29, 1.82) is 0 Å². The standard InChI is InChI=1S/C21H23N5O3/c1-3-17(29-16-7-5-4-6-8-16)19(27)28-13-18-24-20(22)26-21(25-18)23-15-11-9-14(2)10-12-15/h4-12,17H,3,13H2,1-2H3,(H3,22,23,24,25,26)/t17-/m0/s1. The second-order valence-electron chi connectivity index (χ2n) is 6.36. The zero-order valence-corrected chi connectivity index (χ0v) is 16.3. The summed E-state index contributed by atoms with van der Waals surface area (Å²) in [6, 6.07) is 16.9. The Kier molecular flexibility index (Phi) is 6.57. The third kappa shape index (κ3) is 5.90. The summed E-state index contributed by atoms with van der Waals surface area (Å²) in [5.74, 6) is 0.664. The largest absolute Gasteiger partial charge is 0.479 e. The van der Waals surface area contributed by atoms with E-state index in [1.54, 1.807) is 12.1 Å². The van der Waals surface area contributed by atoms with Crippen LogP contribution in [0.3, 0.4) is 0 Å². The van der Waals surface area contributed by atoms with Crippen molar-refractivity contribution in [3.63, 3.8) is 0 Å². The van der Waals surface area contributed by atoms with Gasteiger partial charge in [-0.2, -0.15) is 15.0 Å². The van der Waals surface area contributed by atoms with Crippen LogP contribution in [0.1, 0.15) is 24.7 Å². The molecule has 0 radical (unpaired) electrons. The normalized spacial score (nSPS) is 11.5. The zero-order valence-electron chi connectivity index (χ0n) is 16.3. The highest BCUT2D eigenvalue weighted by atomic mass is 16.6. The molecule has 0 aliphatic heterocycles. The molecule has 3 aromatic rings. The third-order valence-electron chi connectivity index (χ3n) is 4.01. The molecule has 2 aromatic carbocycles. The minimum atomic E-state index is -0.721. The molecule has 0 fully saturated rings. The number of aryl methyl sites for hydroxylation is 1. The number of carbonyl (C=O) groups is 1. The maximum atomic E-state index is 12.4. The lowest BCUT2D eigenvalue weighted by atomic mass is 10.2. The van der Waals surface area contributed by atoms with Gasteiger partial charge in [-0.15, -0.1) is 0 Å². The van der Waals surface area contributed by atoms with E-state index >= 15 is 0 Å². The summed E-state index contributed by atoms with van der Waals surface area (Å²) in [5, 5.41) is 3.06. The van der Waals surface area contributed by atoms with Gasteiger partial charge in [0.05, 0.1) is 0 Å². The summed E-state index contributed by atoms with van der Waals surface area (Å²) < 4.78 is 11.0. The van der Waals surface area contributed by atoms with E-state index in [1.165, 1.54) is 0 Å². The first-order chi connectivity index (χ1) is 14.0. The highest BCUT2D eigenvalue weighted by Gasteiger charge is 2.21. The van der Waals surface area contributed by atoms with Crippen molar-refractivity contribution < 1.29 is 14.3 Å². The number of nitrogen functional groups attached to an aromatic ring is 1. The second kappa shape index (κ2) is 9.50. The molecule has 1 aromatic heterocycles. The van der Waals surface area contributed by atoms with Gasteiger partial charge in [0.1, 0.15) is 5.75 Å². The van der Waals surface area contributed by atoms with Crippen molar-refractivity contribution in [2.75, 3.05) is 11.1 Å². The van der Waals surface area contributed by atoms with E-state index < -0.39 is 12.1 Å². The molecular formula is C21H23N5O3. The molecular weight excluding hydrogens is 370 g/mol. The van der Waals surface area contributed by atoms with Crippen molar-refractivity contribution in [1.82, 2.24) is 15.0 Å². The third-order valence-corrected chi connectivity index (χ3v) is 4.01. The van der Waals surface area contributed by atoms with Crippen LogP contribution in [0.5, 0.6) is 5.75 Å². The quantitative estimate of drug-likeness (QED) is 0.560. The zero-order chi connectivity index (χ0) is 20.6. The predicted octanol–water partition coefficient (Wildman–Crippen LogP) is 3.41. The van der Waals surface area contributed by atoms with Crippen molar-refractivity contribution in [3.05, 3.63) is 66.0 Å². The fourth-order valence-corrected chi connectivity index (χ4v) is 2.51. The molecule has 0 unspecified atom stereocenters. The summed E-state index contributed by atoms with van der Waals surface area (Å²) in [6.07, 6.45) is -0.255. The van der Waals surface area contributed by atoms with E-state index in [0.29, 0.717) is 12.2 Å². The smallest absolute Gasteiger partial charge is 0.347 e. The molecule has 0 saturated heterocycles. The first-order valence-electron chi connectivity index (χ1n) is 9.26. The lowest BCUT2D eigenvalue weighted by Crippen LogP contribution is -2.28. The molecule has 8 nitrogen and oxygen atoms in total. The molecule has 0 aliphatic carbocycles. The van der Waals surface area contributed by atoms with E-state index in [2.05, 4.69) is 20.3 Å². The van der Waals surface area contributed by atoms with Crippen LogP contribution < -0.4 is 15.8 Å². The summed E-state index contributed by atoms with van der Waals surface area (Å²) in [4.78, 5) is 24.7. The van der Waals surface area contributed by atoms with Crippen molar-refractivity contribution >= 4 is 23.6 Å². The number of anilines is 3. The van der Waals surface area contributed by atoms with Gasteiger partial charge in [-0.05, 0) is 37.6 Å². The van der Waals surface area contributed by atoms with Crippen LogP contribution in [0.2, 0.25) is 0 Å². The van der Waals surface area contributed by atoms with Crippen LogP contribution in [-0.2, 0) is 16.1 Å². The number of esters is 1. The SMILES string of the molecule is CC[C@H](Oc1ccccc1)C(=O)OCc1nc(N)nc(Nc2ccc(C)cc2)n1.